The van der Waals surface area contributed by atoms with Gasteiger partial charge in [-0.1, -0.05) is 149 Å². The summed E-state index contributed by atoms with van der Waals surface area (Å²) >= 11 is 0. The first-order valence-electron chi connectivity index (χ1n) is 17.0. The van der Waals surface area contributed by atoms with Crippen LogP contribution in [0.2, 0.25) is 0 Å². The Morgan fingerprint density at radius 2 is 0.789 bits per heavy atom. The maximum Gasteiger partial charge on any atom is 0.306 e. The highest BCUT2D eigenvalue weighted by molar-refractivity contribution is 5.69. The molecule has 0 aromatic rings. The zero-order chi connectivity index (χ0) is 27.9. The van der Waals surface area contributed by atoms with Crippen LogP contribution in [-0.2, 0) is 14.3 Å². The van der Waals surface area contributed by atoms with E-state index in [4.69, 9.17) is 9.84 Å². The van der Waals surface area contributed by atoms with Crippen LogP contribution in [0.15, 0.2) is 0 Å². The van der Waals surface area contributed by atoms with E-state index < -0.39 is 5.97 Å². The third kappa shape index (κ3) is 29.5. The molecule has 38 heavy (non-hydrogen) atoms. The van der Waals surface area contributed by atoms with Gasteiger partial charge in [0, 0.05) is 12.8 Å². The van der Waals surface area contributed by atoms with Crippen LogP contribution in [0.4, 0.5) is 0 Å². The highest BCUT2D eigenvalue weighted by Gasteiger charge is 2.14. The SMILES string of the molecule is CCCCCCCCCCCCCC(=O)OC(CCCCCCCCCCC)CCCCCCCC(=O)O. The Morgan fingerprint density at radius 3 is 1.16 bits per heavy atom. The van der Waals surface area contributed by atoms with Crippen LogP contribution >= 0.6 is 0 Å². The molecule has 0 amide bonds. The van der Waals surface area contributed by atoms with E-state index in [1.807, 2.05) is 0 Å². The molecule has 0 aliphatic rings. The minimum Gasteiger partial charge on any atom is -0.481 e. The number of hydrogen-bond acceptors (Lipinski definition) is 3. The molecule has 4 nitrogen and oxygen atoms in total. The number of carbonyl (C=O) groups is 2. The number of carboxylic acid groups (broad SMARTS) is 1. The molecule has 1 unspecified atom stereocenters. The molecule has 0 fully saturated rings. The van der Waals surface area contributed by atoms with E-state index in [0.717, 1.165) is 64.2 Å². The zero-order valence-corrected chi connectivity index (χ0v) is 25.8. The number of unbranched alkanes of at least 4 members (excludes halogenated alkanes) is 22. The summed E-state index contributed by atoms with van der Waals surface area (Å²) in [5.74, 6) is -0.695. The number of esters is 1. The lowest BCUT2D eigenvalue weighted by Crippen LogP contribution is -2.18. The maximum absolute atomic E-state index is 12.5. The molecule has 0 aliphatic carbocycles. The molecule has 0 saturated heterocycles. The monoisotopic (exact) mass is 538 g/mol. The molecule has 0 spiro atoms. The first kappa shape index (κ1) is 36.9. The number of hydrogen-bond donors (Lipinski definition) is 1. The molecule has 0 saturated carbocycles. The molecule has 0 radical (unpaired) electrons. The summed E-state index contributed by atoms with van der Waals surface area (Å²) < 4.78 is 5.96. The van der Waals surface area contributed by atoms with Crippen LogP contribution in [0.25, 0.3) is 0 Å². The number of aliphatic carboxylic acids is 1. The van der Waals surface area contributed by atoms with Crippen molar-refractivity contribution in [3.63, 3.8) is 0 Å². The molecular formula is C34H66O4. The summed E-state index contributed by atoms with van der Waals surface area (Å²) in [6.45, 7) is 4.53. The fourth-order valence-electron chi connectivity index (χ4n) is 5.30. The second-order valence-electron chi connectivity index (χ2n) is 11.7. The lowest BCUT2D eigenvalue weighted by molar-refractivity contribution is -0.150. The standard InChI is InChI=1S/C34H66O4/c1-3-5-7-9-11-13-14-16-18-23-27-31-34(37)38-32(29-25-21-19-22-26-30-33(35)36)28-24-20-17-15-12-10-8-6-4-2/h32H,3-31H2,1-2H3,(H,35,36). The zero-order valence-electron chi connectivity index (χ0n) is 25.8. The van der Waals surface area contributed by atoms with Gasteiger partial charge in [0.25, 0.3) is 0 Å². The minimum atomic E-state index is -0.698. The summed E-state index contributed by atoms with van der Waals surface area (Å²) in [5.41, 5.74) is 0. The summed E-state index contributed by atoms with van der Waals surface area (Å²) in [7, 11) is 0. The Morgan fingerprint density at radius 1 is 0.474 bits per heavy atom. The van der Waals surface area contributed by atoms with Gasteiger partial charge in [-0.2, -0.15) is 0 Å². The third-order valence-electron chi connectivity index (χ3n) is 7.83. The maximum atomic E-state index is 12.5. The average Bonchev–Trinajstić information content (AvgIpc) is 2.89. The first-order valence-corrected chi connectivity index (χ1v) is 17.0. The van der Waals surface area contributed by atoms with Crippen LogP contribution in [0.1, 0.15) is 200 Å². The molecule has 4 heteroatoms. The molecule has 0 heterocycles. The third-order valence-corrected chi connectivity index (χ3v) is 7.83. The van der Waals surface area contributed by atoms with Crippen molar-refractivity contribution in [2.24, 2.45) is 0 Å². The Kier molecular flexibility index (Phi) is 29.6. The van der Waals surface area contributed by atoms with E-state index in [1.54, 1.807) is 0 Å². The van der Waals surface area contributed by atoms with E-state index in [-0.39, 0.29) is 18.5 Å². The van der Waals surface area contributed by atoms with Gasteiger partial charge >= 0.3 is 11.9 Å². The van der Waals surface area contributed by atoms with E-state index in [9.17, 15) is 9.59 Å². The molecule has 0 aromatic heterocycles. The van der Waals surface area contributed by atoms with Crippen LogP contribution in [-0.4, -0.2) is 23.1 Å². The average molecular weight is 539 g/mol. The number of ether oxygens (including phenoxy) is 1. The molecule has 0 bridgehead atoms. The fraction of sp³-hybridized carbons (Fsp3) is 0.941. The molecule has 1 atom stereocenters. The Hall–Kier alpha value is -1.06. The van der Waals surface area contributed by atoms with Crippen molar-refractivity contribution in [1.29, 1.82) is 0 Å². The Labute approximate surface area is 237 Å². The van der Waals surface area contributed by atoms with Gasteiger partial charge in [-0.15, -0.1) is 0 Å². The second-order valence-corrected chi connectivity index (χ2v) is 11.7. The summed E-state index contributed by atoms with van der Waals surface area (Å²) in [4.78, 5) is 23.2. The van der Waals surface area contributed by atoms with E-state index in [0.29, 0.717) is 6.42 Å². The van der Waals surface area contributed by atoms with Gasteiger partial charge in [-0.25, -0.2) is 0 Å². The molecule has 1 N–H and O–H groups in total. The number of carboxylic acids is 1. The van der Waals surface area contributed by atoms with Crippen molar-refractivity contribution < 1.29 is 19.4 Å². The summed E-state index contributed by atoms with van der Waals surface area (Å²) in [6.07, 6.45) is 33.9. The first-order chi connectivity index (χ1) is 18.6. The van der Waals surface area contributed by atoms with Crippen molar-refractivity contribution >= 4 is 11.9 Å². The van der Waals surface area contributed by atoms with E-state index in [2.05, 4.69) is 13.8 Å². The molecule has 0 rings (SSSR count). The van der Waals surface area contributed by atoms with Gasteiger partial charge in [-0.05, 0) is 38.5 Å². The minimum absolute atomic E-state index is 0.00306. The Bertz CT molecular complexity index is 505. The molecular weight excluding hydrogens is 472 g/mol. The van der Waals surface area contributed by atoms with Gasteiger partial charge in [-0.3, -0.25) is 9.59 Å². The number of carbonyl (C=O) groups excluding carboxylic acids is 1. The van der Waals surface area contributed by atoms with Gasteiger partial charge in [0.05, 0.1) is 0 Å². The van der Waals surface area contributed by atoms with E-state index >= 15 is 0 Å². The lowest BCUT2D eigenvalue weighted by atomic mass is 10.0. The predicted molar refractivity (Wildman–Crippen MR) is 163 cm³/mol. The predicted octanol–water partition coefficient (Wildman–Crippen LogP) is 11.3. The fourth-order valence-corrected chi connectivity index (χ4v) is 5.30. The van der Waals surface area contributed by atoms with Crippen LogP contribution < -0.4 is 0 Å². The van der Waals surface area contributed by atoms with Crippen molar-refractivity contribution in [3.8, 4) is 0 Å². The smallest absolute Gasteiger partial charge is 0.306 e. The van der Waals surface area contributed by atoms with Crippen LogP contribution in [0, 0.1) is 0 Å². The van der Waals surface area contributed by atoms with Gasteiger partial charge in [0.15, 0.2) is 0 Å². The molecule has 226 valence electrons. The Balaban J connectivity index is 4.02. The van der Waals surface area contributed by atoms with Crippen LogP contribution in [0.3, 0.4) is 0 Å². The number of rotatable bonds is 31. The van der Waals surface area contributed by atoms with Crippen molar-refractivity contribution in [2.75, 3.05) is 0 Å². The highest BCUT2D eigenvalue weighted by Crippen LogP contribution is 2.19. The largest absolute Gasteiger partial charge is 0.481 e. The topological polar surface area (TPSA) is 63.6 Å². The molecule has 0 aromatic carbocycles. The van der Waals surface area contributed by atoms with E-state index in [1.165, 1.54) is 109 Å². The van der Waals surface area contributed by atoms with Crippen molar-refractivity contribution in [1.82, 2.24) is 0 Å². The quantitative estimate of drug-likeness (QED) is 0.0704. The normalized spacial score (nSPS) is 12.1. The molecule has 0 aliphatic heterocycles. The summed E-state index contributed by atoms with van der Waals surface area (Å²) in [6, 6.07) is 0. The van der Waals surface area contributed by atoms with Crippen molar-refractivity contribution in [3.05, 3.63) is 0 Å². The van der Waals surface area contributed by atoms with Crippen LogP contribution in [0.5, 0.6) is 0 Å². The van der Waals surface area contributed by atoms with Gasteiger partial charge in [0.2, 0.25) is 0 Å². The van der Waals surface area contributed by atoms with Gasteiger partial charge in [0.1, 0.15) is 6.10 Å². The lowest BCUT2D eigenvalue weighted by Gasteiger charge is -2.18. The van der Waals surface area contributed by atoms with Gasteiger partial charge < -0.3 is 9.84 Å². The highest BCUT2D eigenvalue weighted by atomic mass is 16.5. The second kappa shape index (κ2) is 30.5. The van der Waals surface area contributed by atoms with Crippen molar-refractivity contribution in [2.45, 2.75) is 206 Å². The summed E-state index contributed by atoms with van der Waals surface area (Å²) in [5, 5.41) is 8.77.